The topological polar surface area (TPSA) is 315 Å². The van der Waals surface area contributed by atoms with E-state index >= 15 is 0 Å². The van der Waals surface area contributed by atoms with Crippen molar-refractivity contribution in [3.8, 4) is 21.0 Å². The minimum Gasteiger partial charge on any atom is -0.358 e. The van der Waals surface area contributed by atoms with Gasteiger partial charge in [-0.1, -0.05) is 11.3 Å². The van der Waals surface area contributed by atoms with Crippen LogP contribution in [0.25, 0.3) is 21.0 Å². The molecule has 38 heavy (non-hydrogen) atoms. The van der Waals surface area contributed by atoms with Crippen molar-refractivity contribution in [3.63, 3.8) is 0 Å². The minimum absolute atomic E-state index is 0.0614. The number of thiazole rings is 1. The number of hydrogen-bond donors (Lipinski definition) is 0. The molecule has 0 atom stereocenters. The van der Waals surface area contributed by atoms with Gasteiger partial charge in [-0.15, -0.1) is 0 Å². The number of rotatable bonds is 9. The Kier molecular flexibility index (Phi) is 6.61. The van der Waals surface area contributed by atoms with Crippen LogP contribution in [-0.4, -0.2) is 39.4 Å². The van der Waals surface area contributed by atoms with Crippen molar-refractivity contribution in [2.24, 2.45) is 0 Å². The van der Waals surface area contributed by atoms with Crippen LogP contribution in [0.3, 0.4) is 0 Å². The van der Waals surface area contributed by atoms with Crippen LogP contribution in [0.1, 0.15) is 0 Å². The van der Waals surface area contributed by atoms with E-state index in [0.717, 1.165) is 0 Å². The van der Waals surface area contributed by atoms with Gasteiger partial charge in [0.2, 0.25) is 0 Å². The molecule has 22 nitrogen and oxygen atoms in total. The zero-order chi connectivity index (χ0) is 28.6. The molecule has 0 saturated carbocycles. The third-order valence-electron chi connectivity index (χ3n) is 4.59. The van der Waals surface area contributed by atoms with E-state index in [2.05, 4.69) is 4.98 Å². The first-order valence-corrected chi connectivity index (χ1v) is 9.85. The fourth-order valence-electron chi connectivity index (χ4n) is 3.14. The fraction of sp³-hybridized carbons (Fsp3) is 0. The monoisotopic (exact) mass is 552 g/mol. The van der Waals surface area contributed by atoms with Crippen molar-refractivity contribution < 1.29 is 34.5 Å². The van der Waals surface area contributed by atoms with Gasteiger partial charge in [0.1, 0.15) is 0 Å². The molecule has 0 N–H and O–H groups in total. The van der Waals surface area contributed by atoms with Crippen LogP contribution < -0.4 is 0 Å². The smallest absolute Gasteiger partial charge is 0.358 e. The van der Waals surface area contributed by atoms with Crippen molar-refractivity contribution in [1.82, 2.24) is 4.98 Å². The molecule has 23 heteroatoms. The van der Waals surface area contributed by atoms with Crippen molar-refractivity contribution in [2.45, 2.75) is 0 Å². The summed E-state index contributed by atoms with van der Waals surface area (Å²) < 4.78 is 0. The second kappa shape index (κ2) is 9.49. The number of nitrogens with zero attached hydrogens (tertiary/aromatic N) is 8. The maximum Gasteiger partial charge on any atom is 0.383 e. The number of nitro groups is 7. The quantitative estimate of drug-likeness (QED) is 0.269. The Balaban J connectivity index is 2.53. The summed E-state index contributed by atoms with van der Waals surface area (Å²) in [6.07, 6.45) is 0. The highest BCUT2D eigenvalue weighted by Gasteiger charge is 2.42. The molecular formula is C15H4N8O14S. The van der Waals surface area contributed by atoms with E-state index in [1.54, 1.807) is 0 Å². The molecule has 0 saturated heterocycles. The van der Waals surface area contributed by atoms with Crippen molar-refractivity contribution in [1.29, 1.82) is 0 Å². The summed E-state index contributed by atoms with van der Waals surface area (Å²) in [4.78, 5) is 73.8. The van der Waals surface area contributed by atoms with E-state index in [4.69, 9.17) is 0 Å². The Morgan fingerprint density at radius 2 is 0.842 bits per heavy atom. The third kappa shape index (κ3) is 4.56. The average molecular weight is 552 g/mol. The van der Waals surface area contributed by atoms with Crippen LogP contribution in [0.15, 0.2) is 24.3 Å². The predicted molar refractivity (Wildman–Crippen MR) is 120 cm³/mol. The highest BCUT2D eigenvalue weighted by atomic mass is 32.1. The molecule has 0 spiro atoms. The van der Waals surface area contributed by atoms with Crippen molar-refractivity contribution in [3.05, 3.63) is 95.1 Å². The first-order valence-electron chi connectivity index (χ1n) is 9.04. The summed E-state index contributed by atoms with van der Waals surface area (Å²) in [6, 6.07) is 1.13. The highest BCUT2D eigenvalue weighted by molar-refractivity contribution is 7.19. The predicted octanol–water partition coefficient (Wildman–Crippen LogP) is 3.83. The molecule has 1 heterocycles. The number of non-ortho nitro benzene ring substituents is 2. The molecule has 2 aromatic carbocycles. The first-order chi connectivity index (χ1) is 17.6. The SMILES string of the molecule is O=[N+]([O-])c1cc([N+](=O)[O-])c(-c2nc([N+](=O)[O-])c(-c3c([N+](=O)[O-])cc([N+](=O)[O-])cc3[N+](=O)[O-])s2)c([N+](=O)[O-])c1. The zero-order valence-electron chi connectivity index (χ0n) is 17.5. The molecule has 1 aromatic heterocycles. The summed E-state index contributed by atoms with van der Waals surface area (Å²) in [5.74, 6) is -1.38. The summed E-state index contributed by atoms with van der Waals surface area (Å²) in [5, 5.41) is 79.4. The van der Waals surface area contributed by atoms with Crippen LogP contribution >= 0.6 is 11.3 Å². The van der Waals surface area contributed by atoms with E-state index in [-0.39, 0.29) is 23.5 Å². The second-order valence-electron chi connectivity index (χ2n) is 6.69. The third-order valence-corrected chi connectivity index (χ3v) is 5.67. The maximum absolute atomic E-state index is 11.7. The lowest BCUT2D eigenvalue weighted by Gasteiger charge is -2.03. The van der Waals surface area contributed by atoms with Gasteiger partial charge in [0, 0.05) is 0 Å². The summed E-state index contributed by atoms with van der Waals surface area (Å²) in [7, 11) is 0. The van der Waals surface area contributed by atoms with Crippen LogP contribution in [0.4, 0.5) is 39.9 Å². The lowest BCUT2D eigenvalue weighted by atomic mass is 10.1. The summed E-state index contributed by atoms with van der Waals surface area (Å²) in [5.41, 5.74) is -9.73. The molecular weight excluding hydrogens is 548 g/mol. The van der Waals surface area contributed by atoms with Gasteiger partial charge in [-0.05, 0) is 9.91 Å². The van der Waals surface area contributed by atoms with Crippen LogP contribution in [0.5, 0.6) is 0 Å². The van der Waals surface area contributed by atoms with Crippen molar-refractivity contribution >= 4 is 51.3 Å². The Morgan fingerprint density at radius 1 is 0.500 bits per heavy atom. The average Bonchev–Trinajstić information content (AvgIpc) is 3.27. The van der Waals surface area contributed by atoms with Gasteiger partial charge < -0.3 is 10.1 Å². The molecule has 0 unspecified atom stereocenters. The number of nitro benzene ring substituents is 6. The van der Waals surface area contributed by atoms with Gasteiger partial charge >= 0.3 is 5.82 Å². The lowest BCUT2D eigenvalue weighted by molar-refractivity contribution is -0.402. The van der Waals surface area contributed by atoms with Gasteiger partial charge in [0.05, 0.1) is 53.8 Å². The summed E-state index contributed by atoms with van der Waals surface area (Å²) in [6.45, 7) is 0. The Labute approximate surface area is 207 Å². The zero-order valence-corrected chi connectivity index (χ0v) is 18.3. The molecule has 0 amide bonds. The molecule has 0 aliphatic heterocycles. The van der Waals surface area contributed by atoms with E-state index in [0.29, 0.717) is 12.1 Å². The Hall–Kier alpha value is -6.13. The molecule has 0 aliphatic carbocycles. The van der Waals surface area contributed by atoms with E-state index in [1.165, 1.54) is 0 Å². The van der Waals surface area contributed by atoms with Crippen LogP contribution in [-0.2, 0) is 0 Å². The van der Waals surface area contributed by atoms with E-state index in [1.807, 2.05) is 0 Å². The minimum atomic E-state index is -1.38. The summed E-state index contributed by atoms with van der Waals surface area (Å²) >= 11 is -0.0614. The number of benzene rings is 2. The fourth-order valence-corrected chi connectivity index (χ4v) is 4.30. The Morgan fingerprint density at radius 3 is 1.13 bits per heavy atom. The second-order valence-corrected chi connectivity index (χ2v) is 7.69. The molecule has 194 valence electrons. The maximum atomic E-state index is 11.7. The standard InChI is InChI=1S/C15H4N8O14S/c24-17(25)5-1-7(19(28)29)11(8(2-5)20(30)31)13-14(23(36)37)16-15(38-13)12-9(21(32)33)3-6(18(26)27)4-10(12)22(34)35/h1-4H. The van der Waals surface area contributed by atoms with Crippen LogP contribution in [0, 0.1) is 70.8 Å². The van der Waals surface area contributed by atoms with Gasteiger partial charge in [-0.3, -0.25) is 60.7 Å². The van der Waals surface area contributed by atoms with Gasteiger partial charge in [0.15, 0.2) is 16.0 Å². The molecule has 3 rings (SSSR count). The molecule has 0 aliphatic rings. The molecule has 3 aromatic rings. The Bertz CT molecular complexity index is 1560. The largest absolute Gasteiger partial charge is 0.383 e. The van der Waals surface area contributed by atoms with Crippen LogP contribution in [0.2, 0.25) is 0 Å². The van der Waals surface area contributed by atoms with E-state index in [9.17, 15) is 70.8 Å². The van der Waals surface area contributed by atoms with Gasteiger partial charge in [-0.2, -0.15) is 0 Å². The van der Waals surface area contributed by atoms with Crippen molar-refractivity contribution in [2.75, 3.05) is 0 Å². The van der Waals surface area contributed by atoms with Gasteiger partial charge in [-0.25, -0.2) is 0 Å². The normalized spacial score (nSPS) is 10.5. The molecule has 0 bridgehead atoms. The highest BCUT2D eigenvalue weighted by Crippen LogP contribution is 2.51. The van der Waals surface area contributed by atoms with E-state index < -0.39 is 95.4 Å². The number of aromatic nitrogens is 1. The molecule has 0 radical (unpaired) electrons. The number of hydrogen-bond acceptors (Lipinski definition) is 16. The first kappa shape index (κ1) is 26.5. The van der Waals surface area contributed by atoms with Gasteiger partial charge in [0.25, 0.3) is 39.1 Å². The lowest BCUT2D eigenvalue weighted by Crippen LogP contribution is -2.01. The molecule has 0 fully saturated rings.